The molecule has 0 spiro atoms. The zero-order chi connectivity index (χ0) is 18.7. The molecule has 0 aromatic carbocycles. The Kier molecular flexibility index (Phi) is 6.21. The van der Waals surface area contributed by atoms with Crippen molar-refractivity contribution < 1.29 is 23.8 Å². The van der Waals surface area contributed by atoms with E-state index in [9.17, 15) is 9.59 Å². The van der Waals surface area contributed by atoms with E-state index in [1.54, 1.807) is 53.7 Å². The highest BCUT2D eigenvalue weighted by Gasteiger charge is 2.35. The van der Waals surface area contributed by atoms with Crippen LogP contribution in [0.1, 0.15) is 41.5 Å². The van der Waals surface area contributed by atoms with Crippen molar-refractivity contribution in [3.8, 4) is 5.75 Å². The fourth-order valence-corrected chi connectivity index (χ4v) is 1.89. The molecule has 1 rings (SSSR count). The molecule has 8 heteroatoms. The standard InChI is InChI=1S/C16H23BrN2O5/c1-15(2,3)23-13(20)19(14(21)24-16(4,5)6)12-10(22-7)8-9-11(17)18-12/h8-9H,1-7H3. The molecule has 0 unspecified atom stereocenters. The Hall–Kier alpha value is -1.83. The van der Waals surface area contributed by atoms with Crippen molar-refractivity contribution in [2.75, 3.05) is 12.0 Å². The highest BCUT2D eigenvalue weighted by Crippen LogP contribution is 2.30. The summed E-state index contributed by atoms with van der Waals surface area (Å²) < 4.78 is 16.2. The van der Waals surface area contributed by atoms with Gasteiger partial charge in [-0.15, -0.1) is 0 Å². The topological polar surface area (TPSA) is 78.0 Å². The second-order valence-electron chi connectivity index (χ2n) is 6.96. The largest absolute Gasteiger partial charge is 0.493 e. The lowest BCUT2D eigenvalue weighted by molar-refractivity contribution is 0.0427. The highest BCUT2D eigenvalue weighted by atomic mass is 79.9. The Morgan fingerprint density at radius 3 is 1.83 bits per heavy atom. The second-order valence-corrected chi connectivity index (χ2v) is 7.77. The van der Waals surface area contributed by atoms with Crippen LogP contribution >= 0.6 is 15.9 Å². The summed E-state index contributed by atoms with van der Waals surface area (Å²) in [6.45, 7) is 10.2. The molecule has 0 aliphatic heterocycles. The van der Waals surface area contributed by atoms with Gasteiger partial charge in [-0.25, -0.2) is 14.6 Å². The van der Waals surface area contributed by atoms with Gasteiger partial charge in [-0.05, 0) is 69.6 Å². The van der Waals surface area contributed by atoms with E-state index in [1.165, 1.54) is 7.11 Å². The summed E-state index contributed by atoms with van der Waals surface area (Å²) in [4.78, 5) is 30.0. The zero-order valence-electron chi connectivity index (χ0n) is 15.0. The van der Waals surface area contributed by atoms with Gasteiger partial charge in [0, 0.05) is 0 Å². The van der Waals surface area contributed by atoms with Crippen LogP contribution < -0.4 is 9.64 Å². The molecule has 1 aromatic rings. The van der Waals surface area contributed by atoms with Crippen LogP contribution in [0.4, 0.5) is 15.4 Å². The average molecular weight is 403 g/mol. The van der Waals surface area contributed by atoms with Crippen LogP contribution in [0.3, 0.4) is 0 Å². The predicted molar refractivity (Wildman–Crippen MR) is 93.4 cm³/mol. The van der Waals surface area contributed by atoms with Crippen molar-refractivity contribution in [3.63, 3.8) is 0 Å². The Bertz CT molecular complexity index is 592. The summed E-state index contributed by atoms with van der Waals surface area (Å²) in [6.07, 6.45) is -1.80. The predicted octanol–water partition coefficient (Wildman–Crippen LogP) is 4.53. The molecular weight excluding hydrogens is 380 g/mol. The smallest absolute Gasteiger partial charge is 0.425 e. The number of hydrogen-bond donors (Lipinski definition) is 0. The number of aromatic nitrogens is 1. The van der Waals surface area contributed by atoms with Crippen LogP contribution in [0, 0.1) is 0 Å². The molecular formula is C16H23BrN2O5. The van der Waals surface area contributed by atoms with Gasteiger partial charge in [0.05, 0.1) is 7.11 Å². The van der Waals surface area contributed by atoms with E-state index in [2.05, 4.69) is 20.9 Å². The fourth-order valence-electron chi connectivity index (χ4n) is 1.59. The third-order valence-electron chi connectivity index (χ3n) is 2.39. The number of imide groups is 1. The van der Waals surface area contributed by atoms with Crippen molar-refractivity contribution in [1.82, 2.24) is 4.98 Å². The van der Waals surface area contributed by atoms with Gasteiger partial charge in [-0.2, -0.15) is 4.90 Å². The van der Waals surface area contributed by atoms with Gasteiger partial charge >= 0.3 is 12.2 Å². The summed E-state index contributed by atoms with van der Waals surface area (Å²) in [5.74, 6) is 0.213. The monoisotopic (exact) mass is 402 g/mol. The van der Waals surface area contributed by atoms with Crippen molar-refractivity contribution in [3.05, 3.63) is 16.7 Å². The Morgan fingerprint density at radius 2 is 1.46 bits per heavy atom. The molecule has 0 fully saturated rings. The van der Waals surface area contributed by atoms with E-state index in [1.807, 2.05) is 0 Å². The lowest BCUT2D eigenvalue weighted by Crippen LogP contribution is -2.44. The number of carbonyl (C=O) groups excluding carboxylic acids is 2. The maximum Gasteiger partial charge on any atom is 0.425 e. The molecule has 7 nitrogen and oxygen atoms in total. The van der Waals surface area contributed by atoms with Gasteiger partial charge in [0.2, 0.25) is 0 Å². The molecule has 0 radical (unpaired) electrons. The third kappa shape index (κ3) is 5.99. The first-order valence-electron chi connectivity index (χ1n) is 7.30. The average Bonchev–Trinajstić information content (AvgIpc) is 2.34. The highest BCUT2D eigenvalue weighted by molar-refractivity contribution is 9.10. The van der Waals surface area contributed by atoms with Crippen molar-refractivity contribution in [1.29, 1.82) is 0 Å². The molecule has 1 heterocycles. The van der Waals surface area contributed by atoms with E-state index < -0.39 is 23.4 Å². The minimum atomic E-state index is -0.902. The van der Waals surface area contributed by atoms with Crippen molar-refractivity contribution >= 4 is 33.9 Å². The Balaban J connectivity index is 3.35. The number of nitrogens with zero attached hydrogens (tertiary/aromatic N) is 2. The summed E-state index contributed by atoms with van der Waals surface area (Å²) >= 11 is 3.22. The maximum atomic E-state index is 12.6. The van der Waals surface area contributed by atoms with Crippen LogP contribution in [0.25, 0.3) is 0 Å². The number of amides is 2. The SMILES string of the molecule is COc1ccc(Br)nc1N(C(=O)OC(C)(C)C)C(=O)OC(C)(C)C. The van der Waals surface area contributed by atoms with Crippen LogP contribution in [-0.2, 0) is 9.47 Å². The number of rotatable bonds is 2. The maximum absolute atomic E-state index is 12.6. The van der Waals surface area contributed by atoms with Gasteiger partial charge in [-0.1, -0.05) is 0 Å². The Morgan fingerprint density at radius 1 is 1.00 bits per heavy atom. The number of halogens is 1. The number of pyridine rings is 1. The lowest BCUT2D eigenvalue weighted by atomic mass is 10.2. The number of ether oxygens (including phenoxy) is 3. The van der Waals surface area contributed by atoms with Crippen molar-refractivity contribution in [2.45, 2.75) is 52.7 Å². The first kappa shape index (κ1) is 20.2. The number of carbonyl (C=O) groups is 2. The zero-order valence-corrected chi connectivity index (χ0v) is 16.6. The van der Waals surface area contributed by atoms with Crippen molar-refractivity contribution in [2.24, 2.45) is 0 Å². The molecule has 0 aliphatic rings. The molecule has 0 saturated heterocycles. The van der Waals surface area contributed by atoms with Crippen LogP contribution in [0.5, 0.6) is 5.75 Å². The molecule has 0 saturated carbocycles. The van der Waals surface area contributed by atoms with E-state index in [4.69, 9.17) is 14.2 Å². The number of hydrogen-bond acceptors (Lipinski definition) is 6. The normalized spacial score (nSPS) is 11.7. The van der Waals surface area contributed by atoms with Gasteiger partial charge in [0.25, 0.3) is 0 Å². The summed E-state index contributed by atoms with van der Waals surface area (Å²) in [5.41, 5.74) is -1.59. The summed E-state index contributed by atoms with van der Waals surface area (Å²) in [7, 11) is 1.41. The van der Waals surface area contributed by atoms with Gasteiger partial charge in [0.1, 0.15) is 15.8 Å². The number of anilines is 1. The molecule has 0 atom stereocenters. The van der Waals surface area contributed by atoms with Gasteiger partial charge in [0.15, 0.2) is 11.6 Å². The molecule has 2 amide bonds. The van der Waals surface area contributed by atoms with E-state index in [0.29, 0.717) is 4.60 Å². The first-order valence-corrected chi connectivity index (χ1v) is 8.10. The second kappa shape index (κ2) is 7.38. The number of methoxy groups -OCH3 is 1. The quantitative estimate of drug-likeness (QED) is 0.676. The Labute approximate surface area is 150 Å². The minimum absolute atomic E-state index is 0.0182. The molecule has 1 aromatic heterocycles. The van der Waals surface area contributed by atoms with Gasteiger partial charge < -0.3 is 14.2 Å². The van der Waals surface area contributed by atoms with E-state index in [0.717, 1.165) is 4.90 Å². The molecule has 0 bridgehead atoms. The molecule has 24 heavy (non-hydrogen) atoms. The van der Waals surface area contributed by atoms with E-state index in [-0.39, 0.29) is 11.6 Å². The molecule has 134 valence electrons. The first-order chi connectivity index (χ1) is 10.8. The summed E-state index contributed by atoms with van der Waals surface area (Å²) in [5, 5.41) is 0. The summed E-state index contributed by atoms with van der Waals surface area (Å²) in [6, 6.07) is 3.21. The molecule has 0 aliphatic carbocycles. The van der Waals surface area contributed by atoms with Crippen LogP contribution in [0.15, 0.2) is 16.7 Å². The lowest BCUT2D eigenvalue weighted by Gasteiger charge is -2.28. The fraction of sp³-hybridized carbons (Fsp3) is 0.562. The van der Waals surface area contributed by atoms with Crippen LogP contribution in [-0.4, -0.2) is 35.5 Å². The third-order valence-corrected chi connectivity index (χ3v) is 2.83. The van der Waals surface area contributed by atoms with E-state index >= 15 is 0 Å². The van der Waals surface area contributed by atoms with Gasteiger partial charge in [-0.3, -0.25) is 0 Å². The van der Waals surface area contributed by atoms with Crippen LogP contribution in [0.2, 0.25) is 0 Å². The minimum Gasteiger partial charge on any atom is -0.493 e. The molecule has 0 N–H and O–H groups in total.